The van der Waals surface area contributed by atoms with Gasteiger partial charge in [-0.1, -0.05) is 12.2 Å². The van der Waals surface area contributed by atoms with Crippen LogP contribution < -0.4 is 10.1 Å². The van der Waals surface area contributed by atoms with Crippen molar-refractivity contribution < 1.29 is 19.0 Å². The van der Waals surface area contributed by atoms with Crippen molar-refractivity contribution in [3.8, 4) is 5.75 Å². The summed E-state index contributed by atoms with van der Waals surface area (Å²) in [5.41, 5.74) is 1.000. The fourth-order valence-corrected chi connectivity index (χ4v) is 2.60. The summed E-state index contributed by atoms with van der Waals surface area (Å²) < 4.78 is 16.0. The van der Waals surface area contributed by atoms with Gasteiger partial charge in [0.1, 0.15) is 18.5 Å². The van der Waals surface area contributed by atoms with Crippen LogP contribution in [-0.4, -0.2) is 68.6 Å². The molecule has 26 heavy (non-hydrogen) atoms. The maximum Gasteiger partial charge on any atom is 0.409 e. The molecule has 1 aliphatic rings. The van der Waals surface area contributed by atoms with Crippen LogP contribution in [0.3, 0.4) is 0 Å². The maximum atomic E-state index is 11.9. The monoisotopic (exact) mass is 363 g/mol. The van der Waals surface area contributed by atoms with Gasteiger partial charge in [0.15, 0.2) is 0 Å². The molecule has 0 radical (unpaired) electrons. The molecule has 1 saturated heterocycles. The first-order chi connectivity index (χ1) is 12.6. The predicted octanol–water partition coefficient (Wildman–Crippen LogP) is 2.33. The Hall–Kier alpha value is -2.12. The molecule has 1 aliphatic heterocycles. The third-order valence-corrected chi connectivity index (χ3v) is 4.25. The number of nitrogens with one attached hydrogen (secondary N) is 1. The fraction of sp³-hybridized carbons (Fsp3) is 0.579. The Balaban J connectivity index is 1.82. The van der Waals surface area contributed by atoms with Crippen molar-refractivity contribution in [3.63, 3.8) is 0 Å². The average molecular weight is 363 g/mol. The van der Waals surface area contributed by atoms with Crippen molar-refractivity contribution in [2.24, 2.45) is 0 Å². The molecule has 0 aliphatic carbocycles. The predicted molar refractivity (Wildman–Crippen MR) is 100 cm³/mol. The van der Waals surface area contributed by atoms with E-state index in [9.17, 15) is 4.79 Å². The zero-order valence-electron chi connectivity index (χ0n) is 15.8. The van der Waals surface area contributed by atoms with E-state index in [-0.39, 0.29) is 18.8 Å². The van der Waals surface area contributed by atoms with Gasteiger partial charge in [0.2, 0.25) is 0 Å². The first-order valence-corrected chi connectivity index (χ1v) is 8.98. The number of aromatic nitrogens is 1. The first kappa shape index (κ1) is 20.2. The highest BCUT2D eigenvalue weighted by Crippen LogP contribution is 2.20. The number of likely N-dealkylation sites (tertiary alicyclic amines) is 1. The smallest absolute Gasteiger partial charge is 0.409 e. The van der Waals surface area contributed by atoms with Gasteiger partial charge in [-0.2, -0.15) is 0 Å². The summed E-state index contributed by atoms with van der Waals surface area (Å²) >= 11 is 0. The van der Waals surface area contributed by atoms with Crippen molar-refractivity contribution in [3.05, 3.63) is 30.1 Å². The molecule has 1 aromatic rings. The van der Waals surface area contributed by atoms with Gasteiger partial charge in [0.25, 0.3) is 0 Å². The van der Waals surface area contributed by atoms with Crippen LogP contribution in [0.5, 0.6) is 5.75 Å². The van der Waals surface area contributed by atoms with Crippen LogP contribution in [0.1, 0.15) is 25.3 Å². The summed E-state index contributed by atoms with van der Waals surface area (Å²) in [4.78, 5) is 17.8. The molecule has 0 saturated carbocycles. The molecule has 2 atom stereocenters. The van der Waals surface area contributed by atoms with Crippen molar-refractivity contribution in [1.82, 2.24) is 15.2 Å². The molecule has 1 amide bonds. The highest BCUT2D eigenvalue weighted by atomic mass is 16.6. The second kappa shape index (κ2) is 10.8. The van der Waals surface area contributed by atoms with E-state index < -0.39 is 0 Å². The van der Waals surface area contributed by atoms with Crippen molar-refractivity contribution in [2.45, 2.75) is 31.9 Å². The molecular weight excluding hydrogens is 334 g/mol. The normalized spacial score (nSPS) is 18.3. The van der Waals surface area contributed by atoms with Gasteiger partial charge in [-0.3, -0.25) is 4.98 Å². The molecule has 1 aromatic heterocycles. The highest BCUT2D eigenvalue weighted by molar-refractivity contribution is 5.68. The third-order valence-electron chi connectivity index (χ3n) is 4.25. The van der Waals surface area contributed by atoms with Crippen molar-refractivity contribution in [2.75, 3.05) is 40.5 Å². The van der Waals surface area contributed by atoms with E-state index in [4.69, 9.17) is 14.2 Å². The number of pyridine rings is 1. The van der Waals surface area contributed by atoms with E-state index in [0.29, 0.717) is 31.5 Å². The molecule has 7 nitrogen and oxygen atoms in total. The van der Waals surface area contributed by atoms with Crippen LogP contribution in [-0.2, 0) is 9.47 Å². The zero-order chi connectivity index (χ0) is 18.8. The van der Waals surface area contributed by atoms with E-state index in [0.717, 1.165) is 18.4 Å². The Kier molecular flexibility index (Phi) is 8.37. The van der Waals surface area contributed by atoms with Crippen LogP contribution in [0.4, 0.5) is 4.79 Å². The molecule has 1 fully saturated rings. The highest BCUT2D eigenvalue weighted by Gasteiger charge is 2.28. The van der Waals surface area contributed by atoms with E-state index in [1.54, 1.807) is 18.2 Å². The lowest BCUT2D eigenvalue weighted by molar-refractivity contribution is 0.0741. The van der Waals surface area contributed by atoms with Gasteiger partial charge < -0.3 is 24.4 Å². The summed E-state index contributed by atoms with van der Waals surface area (Å²) in [5.74, 6) is 0.716. The Morgan fingerprint density at radius 1 is 1.46 bits per heavy atom. The summed E-state index contributed by atoms with van der Waals surface area (Å²) in [7, 11) is 3.53. The minimum absolute atomic E-state index is 0.0460. The third kappa shape index (κ3) is 6.65. The molecule has 7 heteroatoms. The molecule has 0 spiro atoms. The number of carbonyl (C=O) groups excluding carboxylic acids is 1. The first-order valence-electron chi connectivity index (χ1n) is 8.98. The summed E-state index contributed by atoms with van der Waals surface area (Å²) in [6.07, 6.45) is 9.03. The molecule has 1 N–H and O–H groups in total. The van der Waals surface area contributed by atoms with E-state index in [1.807, 2.05) is 25.4 Å². The Morgan fingerprint density at radius 2 is 2.31 bits per heavy atom. The summed E-state index contributed by atoms with van der Waals surface area (Å²) in [6, 6.07) is 2.40. The van der Waals surface area contributed by atoms with E-state index >= 15 is 0 Å². The number of rotatable bonds is 9. The van der Waals surface area contributed by atoms with Crippen LogP contribution in [0, 0.1) is 0 Å². The lowest BCUT2D eigenvalue weighted by Gasteiger charge is -2.17. The van der Waals surface area contributed by atoms with Crippen LogP contribution in [0.15, 0.2) is 24.5 Å². The van der Waals surface area contributed by atoms with E-state index in [2.05, 4.69) is 23.3 Å². The number of methoxy groups -OCH3 is 1. The average Bonchev–Trinajstić information content (AvgIpc) is 3.10. The zero-order valence-corrected chi connectivity index (χ0v) is 15.8. The Morgan fingerprint density at radius 3 is 3.08 bits per heavy atom. The van der Waals surface area contributed by atoms with Gasteiger partial charge in [-0.05, 0) is 32.0 Å². The number of amides is 1. The molecule has 144 valence electrons. The number of hydrogen-bond acceptors (Lipinski definition) is 6. The number of hydrogen-bond donors (Lipinski definition) is 1. The molecular formula is C19H29N3O4. The molecule has 0 aromatic carbocycles. The molecule has 0 unspecified atom stereocenters. The maximum absolute atomic E-state index is 11.9. The molecule has 0 bridgehead atoms. The van der Waals surface area contributed by atoms with Crippen LogP contribution in [0.25, 0.3) is 6.08 Å². The minimum Gasteiger partial charge on any atom is -0.487 e. The minimum atomic E-state index is -0.318. The largest absolute Gasteiger partial charge is 0.487 e. The second-order valence-electron chi connectivity index (χ2n) is 6.36. The molecule has 2 heterocycles. The standard InChI is InChI=1S/C19H29N3O4/c1-15(20-2)5-4-6-16-11-18(13-21-12-16)26-17-7-8-22(14-17)19(23)25-10-9-24-3/h4,6,11-13,15,17,20H,5,7-10,14H2,1-3H3/t15-,17-/m0/s1. The van der Waals surface area contributed by atoms with Gasteiger partial charge in [0.05, 0.1) is 19.3 Å². The van der Waals surface area contributed by atoms with Crippen molar-refractivity contribution >= 4 is 12.2 Å². The van der Waals surface area contributed by atoms with Gasteiger partial charge in [-0.15, -0.1) is 0 Å². The van der Waals surface area contributed by atoms with Crippen LogP contribution >= 0.6 is 0 Å². The lowest BCUT2D eigenvalue weighted by Crippen LogP contribution is -2.32. The van der Waals surface area contributed by atoms with E-state index in [1.165, 1.54) is 0 Å². The Labute approximate surface area is 155 Å². The quantitative estimate of drug-likeness (QED) is 0.679. The number of nitrogens with zero attached hydrogens (tertiary/aromatic N) is 2. The summed E-state index contributed by atoms with van der Waals surface area (Å²) in [5, 5.41) is 3.20. The van der Waals surface area contributed by atoms with Crippen molar-refractivity contribution in [1.29, 1.82) is 0 Å². The molecule has 2 rings (SSSR count). The van der Waals surface area contributed by atoms with Gasteiger partial charge in [0, 0.05) is 32.3 Å². The summed E-state index contributed by atoms with van der Waals surface area (Å²) in [6.45, 7) is 3.95. The lowest BCUT2D eigenvalue weighted by atomic mass is 10.2. The fourth-order valence-electron chi connectivity index (χ4n) is 2.60. The second-order valence-corrected chi connectivity index (χ2v) is 6.36. The van der Waals surface area contributed by atoms with Gasteiger partial charge in [-0.25, -0.2) is 4.79 Å². The number of carbonyl (C=O) groups is 1. The topological polar surface area (TPSA) is 72.9 Å². The van der Waals surface area contributed by atoms with Crippen LogP contribution in [0.2, 0.25) is 0 Å². The van der Waals surface area contributed by atoms with Gasteiger partial charge >= 0.3 is 6.09 Å². The SMILES string of the molecule is CN[C@@H](C)CC=Cc1cncc(O[C@H]2CCN(C(=O)OCCOC)C2)c1. The number of ether oxygens (including phenoxy) is 3. The Bertz CT molecular complexity index is 594.